The Kier molecular flexibility index (Phi) is 1.04. The Balaban J connectivity index is 2.33. The van der Waals surface area contributed by atoms with E-state index in [1.165, 1.54) is 0 Å². The van der Waals surface area contributed by atoms with Crippen LogP contribution in [0, 0.1) is 5.92 Å². The number of carbonyl (C=O) groups excluding carboxylic acids is 1. The highest BCUT2D eigenvalue weighted by Crippen LogP contribution is 2.35. The van der Waals surface area contributed by atoms with Crippen LogP contribution in [0.1, 0.15) is 6.42 Å². The second-order valence-corrected chi connectivity index (χ2v) is 2.03. The van der Waals surface area contributed by atoms with Crippen LogP contribution in [-0.4, -0.2) is 11.4 Å². The molecule has 0 radical (unpaired) electrons. The third-order valence-corrected chi connectivity index (χ3v) is 1.28. The molecule has 0 N–H and O–H groups in total. The van der Waals surface area contributed by atoms with Gasteiger partial charge in [-0.25, -0.2) is 4.39 Å². The predicted octanol–water partition coefficient (Wildman–Crippen LogP) is 1.11. The van der Waals surface area contributed by atoms with Crippen molar-refractivity contribution in [2.45, 2.75) is 12.6 Å². The van der Waals surface area contributed by atoms with E-state index in [0.717, 1.165) is 0 Å². The van der Waals surface area contributed by atoms with Gasteiger partial charge in [-0.1, -0.05) is 0 Å². The summed E-state index contributed by atoms with van der Waals surface area (Å²) in [6, 6.07) is 0. The summed E-state index contributed by atoms with van der Waals surface area (Å²) in [4.78, 5) is 9.94. The van der Waals surface area contributed by atoms with E-state index in [2.05, 4.69) is 0 Å². The van der Waals surface area contributed by atoms with Gasteiger partial charge in [-0.3, -0.25) is 4.79 Å². The molecule has 1 aliphatic carbocycles. The SMILES string of the molecule is O=C(Cl)[C@H]1C[C@@H]1F. The molecule has 0 amide bonds. The molecule has 1 rings (SSSR count). The Bertz CT molecular complexity index is 104. The van der Waals surface area contributed by atoms with E-state index in [9.17, 15) is 9.18 Å². The molecule has 40 valence electrons. The number of rotatable bonds is 1. The second-order valence-electron chi connectivity index (χ2n) is 1.66. The number of carbonyl (C=O) groups is 1. The van der Waals surface area contributed by atoms with Crippen molar-refractivity contribution >= 4 is 16.8 Å². The molecule has 0 saturated heterocycles. The summed E-state index contributed by atoms with van der Waals surface area (Å²) < 4.78 is 11.7. The zero-order valence-electron chi connectivity index (χ0n) is 3.53. The van der Waals surface area contributed by atoms with Crippen LogP contribution in [0.25, 0.3) is 0 Å². The average molecular weight is 123 g/mol. The summed E-state index contributed by atoms with van der Waals surface area (Å²) in [6.07, 6.45) is -0.604. The maximum absolute atomic E-state index is 11.7. The quantitative estimate of drug-likeness (QED) is 0.476. The van der Waals surface area contributed by atoms with Crippen molar-refractivity contribution in [1.29, 1.82) is 0 Å². The van der Waals surface area contributed by atoms with Crippen LogP contribution in [0.15, 0.2) is 0 Å². The van der Waals surface area contributed by atoms with Crippen LogP contribution in [0.3, 0.4) is 0 Å². The molecule has 0 aromatic carbocycles. The third kappa shape index (κ3) is 0.911. The molecule has 1 nitrogen and oxygen atoms in total. The van der Waals surface area contributed by atoms with Gasteiger partial charge in [0.25, 0.3) is 0 Å². The molecular formula is C4H4ClFO. The van der Waals surface area contributed by atoms with Gasteiger partial charge in [0.15, 0.2) is 0 Å². The topological polar surface area (TPSA) is 17.1 Å². The molecule has 7 heavy (non-hydrogen) atoms. The molecule has 2 atom stereocenters. The first-order chi connectivity index (χ1) is 3.22. The number of hydrogen-bond donors (Lipinski definition) is 0. The summed E-state index contributed by atoms with van der Waals surface area (Å²) in [7, 11) is 0. The fourth-order valence-corrected chi connectivity index (χ4v) is 0.625. The lowest BCUT2D eigenvalue weighted by atomic mass is 10.5. The molecule has 0 heterocycles. The monoisotopic (exact) mass is 122 g/mol. The van der Waals surface area contributed by atoms with Crippen LogP contribution in [0.2, 0.25) is 0 Å². The highest BCUT2D eigenvalue weighted by Gasteiger charge is 2.42. The normalized spacial score (nSPS) is 38.0. The summed E-state index contributed by atoms with van der Waals surface area (Å²) in [6.45, 7) is 0. The van der Waals surface area contributed by atoms with Crippen LogP contribution in [0.4, 0.5) is 4.39 Å². The van der Waals surface area contributed by atoms with Gasteiger partial charge in [-0.2, -0.15) is 0 Å². The molecular weight excluding hydrogens is 118 g/mol. The van der Waals surface area contributed by atoms with Crippen molar-refractivity contribution in [3.05, 3.63) is 0 Å². The van der Waals surface area contributed by atoms with Crippen molar-refractivity contribution in [2.24, 2.45) is 5.92 Å². The number of hydrogen-bond acceptors (Lipinski definition) is 1. The van der Waals surface area contributed by atoms with E-state index in [1.54, 1.807) is 0 Å². The highest BCUT2D eigenvalue weighted by molar-refractivity contribution is 6.64. The van der Waals surface area contributed by atoms with E-state index in [1.807, 2.05) is 0 Å². The lowest BCUT2D eigenvalue weighted by molar-refractivity contribution is -0.113. The van der Waals surface area contributed by atoms with Gasteiger partial charge < -0.3 is 0 Å². The van der Waals surface area contributed by atoms with Gasteiger partial charge >= 0.3 is 0 Å². The van der Waals surface area contributed by atoms with E-state index in [4.69, 9.17) is 11.6 Å². The minimum absolute atomic E-state index is 0.336. The largest absolute Gasteiger partial charge is 0.281 e. The first-order valence-electron chi connectivity index (χ1n) is 2.05. The molecule has 0 aromatic rings. The summed E-state index contributed by atoms with van der Waals surface area (Å²) >= 11 is 4.89. The van der Waals surface area contributed by atoms with Crippen molar-refractivity contribution in [1.82, 2.24) is 0 Å². The Morgan fingerprint density at radius 2 is 2.29 bits per heavy atom. The number of alkyl halides is 1. The third-order valence-electron chi connectivity index (χ3n) is 1.00. The molecule has 0 aliphatic heterocycles. The standard InChI is InChI=1S/C4H4ClFO/c5-4(7)2-1-3(2)6/h2-3H,1H2/t2-,3-/m0/s1. The molecule has 1 aliphatic rings. The van der Waals surface area contributed by atoms with Crippen molar-refractivity contribution in [3.8, 4) is 0 Å². The van der Waals surface area contributed by atoms with Crippen LogP contribution in [0.5, 0.6) is 0 Å². The van der Waals surface area contributed by atoms with Crippen LogP contribution >= 0.6 is 11.6 Å². The lowest BCUT2D eigenvalue weighted by Gasteiger charge is -1.75. The fourth-order valence-electron chi connectivity index (χ4n) is 0.399. The number of halogens is 2. The van der Waals surface area contributed by atoms with Gasteiger partial charge in [0.05, 0.1) is 5.92 Å². The zero-order valence-corrected chi connectivity index (χ0v) is 4.28. The molecule has 0 unspecified atom stereocenters. The molecule has 3 heteroatoms. The lowest BCUT2D eigenvalue weighted by Crippen LogP contribution is -1.89. The minimum atomic E-state index is -0.940. The molecule has 0 spiro atoms. The predicted molar refractivity (Wildman–Crippen MR) is 23.9 cm³/mol. The maximum Gasteiger partial charge on any atom is 0.227 e. The zero-order chi connectivity index (χ0) is 5.44. The van der Waals surface area contributed by atoms with Gasteiger partial charge in [0, 0.05) is 0 Å². The Hall–Kier alpha value is -0.110. The van der Waals surface area contributed by atoms with E-state index >= 15 is 0 Å². The van der Waals surface area contributed by atoms with Crippen molar-refractivity contribution < 1.29 is 9.18 Å². The van der Waals surface area contributed by atoms with E-state index in [-0.39, 0.29) is 0 Å². The first-order valence-corrected chi connectivity index (χ1v) is 2.43. The fraction of sp³-hybridized carbons (Fsp3) is 0.750. The van der Waals surface area contributed by atoms with E-state index < -0.39 is 17.3 Å². The molecule has 1 saturated carbocycles. The molecule has 1 fully saturated rings. The summed E-state index contributed by atoms with van der Waals surface area (Å²) in [5, 5.41) is -0.535. The van der Waals surface area contributed by atoms with Gasteiger partial charge in [0.1, 0.15) is 6.17 Å². The summed E-state index contributed by atoms with van der Waals surface area (Å²) in [5.74, 6) is -0.471. The van der Waals surface area contributed by atoms with Crippen molar-refractivity contribution in [3.63, 3.8) is 0 Å². The maximum atomic E-state index is 11.7. The average Bonchev–Trinajstić information content (AvgIpc) is 2.17. The van der Waals surface area contributed by atoms with E-state index in [0.29, 0.717) is 6.42 Å². The molecule has 0 aromatic heterocycles. The van der Waals surface area contributed by atoms with Crippen LogP contribution < -0.4 is 0 Å². The Labute approximate surface area is 45.5 Å². The van der Waals surface area contributed by atoms with Gasteiger partial charge in [-0.15, -0.1) is 0 Å². The van der Waals surface area contributed by atoms with Gasteiger partial charge in [-0.05, 0) is 18.0 Å². The summed E-state index contributed by atoms with van der Waals surface area (Å²) in [5.41, 5.74) is 0. The second kappa shape index (κ2) is 1.44. The van der Waals surface area contributed by atoms with Crippen molar-refractivity contribution in [2.75, 3.05) is 0 Å². The Morgan fingerprint density at radius 1 is 1.86 bits per heavy atom. The molecule has 0 bridgehead atoms. The highest BCUT2D eigenvalue weighted by atomic mass is 35.5. The first kappa shape index (κ1) is 5.04. The minimum Gasteiger partial charge on any atom is -0.281 e. The smallest absolute Gasteiger partial charge is 0.227 e. The Morgan fingerprint density at radius 3 is 2.29 bits per heavy atom. The van der Waals surface area contributed by atoms with Crippen LogP contribution in [-0.2, 0) is 4.79 Å². The van der Waals surface area contributed by atoms with Gasteiger partial charge in [0.2, 0.25) is 5.24 Å².